The maximum atomic E-state index is 10.4. The van der Waals surface area contributed by atoms with Crippen LogP contribution in [0, 0.1) is 10.1 Å². The van der Waals surface area contributed by atoms with E-state index in [1.807, 2.05) is 6.92 Å². The summed E-state index contributed by atoms with van der Waals surface area (Å²) in [6.45, 7) is 7.88. The van der Waals surface area contributed by atoms with Crippen molar-refractivity contribution < 1.29 is 14.8 Å². The van der Waals surface area contributed by atoms with Crippen LogP contribution in [0.1, 0.15) is 130 Å². The molecule has 1 saturated heterocycles. The monoisotopic (exact) mass is 430 g/mol. The lowest BCUT2D eigenvalue weighted by atomic mass is 10.0. The first-order chi connectivity index (χ1) is 14.3. The molecule has 1 aliphatic heterocycles. The Labute approximate surface area is 185 Å². The van der Waals surface area contributed by atoms with Gasteiger partial charge in [0.25, 0.3) is 0 Å². The van der Waals surface area contributed by atoms with Crippen LogP contribution in [-0.2, 0) is 4.74 Å². The van der Waals surface area contributed by atoms with Crippen LogP contribution in [0.5, 0.6) is 0 Å². The molecule has 0 bridgehead atoms. The van der Waals surface area contributed by atoms with Crippen molar-refractivity contribution in [2.45, 2.75) is 154 Å². The summed E-state index contributed by atoms with van der Waals surface area (Å²) in [5.74, 6) is 0. The second kappa shape index (κ2) is 17.9. The number of aliphatic hydroxyl groups is 1. The van der Waals surface area contributed by atoms with E-state index in [4.69, 9.17) is 10.5 Å². The van der Waals surface area contributed by atoms with Crippen LogP contribution >= 0.6 is 0 Å². The molecule has 1 heterocycles. The third kappa shape index (κ3) is 16.0. The van der Waals surface area contributed by atoms with Crippen LogP contribution in [0.25, 0.3) is 0 Å². The third-order valence-corrected chi connectivity index (χ3v) is 6.04. The molecule has 180 valence electrons. The average molecular weight is 431 g/mol. The minimum Gasteiger partial charge on any atom is -0.386 e. The van der Waals surface area contributed by atoms with Crippen LogP contribution in [0.3, 0.4) is 0 Å². The maximum Gasteiger partial charge on any atom is 0.235 e. The fourth-order valence-electron chi connectivity index (χ4n) is 3.60. The summed E-state index contributed by atoms with van der Waals surface area (Å²) in [7, 11) is 0. The summed E-state index contributed by atoms with van der Waals surface area (Å²) >= 11 is 0. The van der Waals surface area contributed by atoms with Crippen LogP contribution in [0.2, 0.25) is 0 Å². The zero-order valence-corrected chi connectivity index (χ0v) is 20.2. The van der Waals surface area contributed by atoms with Crippen molar-refractivity contribution in [3.05, 3.63) is 10.1 Å². The molecule has 3 N–H and O–H groups in total. The van der Waals surface area contributed by atoms with Crippen LogP contribution in [0.4, 0.5) is 0 Å². The number of nitrogens with zero attached hydrogens (tertiary/aromatic N) is 1. The SMILES string of the molecule is CCCCCCCCCC(O)C(C)[N+](=O)[O-].CCCCCCCCCC1OC1(C)N. The lowest BCUT2D eigenvalue weighted by Gasteiger charge is -2.11. The summed E-state index contributed by atoms with van der Waals surface area (Å²) in [6.07, 6.45) is 19.0. The Morgan fingerprint density at radius 2 is 1.33 bits per heavy atom. The van der Waals surface area contributed by atoms with Crippen molar-refractivity contribution in [2.75, 3.05) is 0 Å². The van der Waals surface area contributed by atoms with Crippen molar-refractivity contribution in [1.29, 1.82) is 0 Å². The molecule has 6 nitrogen and oxygen atoms in total. The van der Waals surface area contributed by atoms with Gasteiger partial charge in [-0.2, -0.15) is 0 Å². The van der Waals surface area contributed by atoms with E-state index in [0.717, 1.165) is 19.3 Å². The largest absolute Gasteiger partial charge is 0.386 e. The smallest absolute Gasteiger partial charge is 0.235 e. The van der Waals surface area contributed by atoms with Gasteiger partial charge < -0.3 is 15.6 Å². The van der Waals surface area contributed by atoms with Gasteiger partial charge in [0.15, 0.2) is 0 Å². The minimum absolute atomic E-state index is 0.289. The Bertz CT molecular complexity index is 418. The molecule has 1 rings (SSSR count). The molecule has 0 radical (unpaired) electrons. The van der Waals surface area contributed by atoms with Gasteiger partial charge in [0.1, 0.15) is 17.9 Å². The fraction of sp³-hybridized carbons (Fsp3) is 1.00. The molecule has 0 aromatic rings. The Balaban J connectivity index is 0.000000564. The zero-order valence-electron chi connectivity index (χ0n) is 20.2. The molecule has 30 heavy (non-hydrogen) atoms. The normalized spacial score (nSPS) is 22.1. The quantitative estimate of drug-likeness (QED) is 0.114. The van der Waals surface area contributed by atoms with Crippen LogP contribution in [0.15, 0.2) is 0 Å². The number of epoxide rings is 1. The molecule has 0 aliphatic carbocycles. The molecule has 4 atom stereocenters. The van der Waals surface area contributed by atoms with E-state index >= 15 is 0 Å². The highest BCUT2D eigenvalue weighted by atomic mass is 16.6. The number of ether oxygens (including phenoxy) is 1. The topological polar surface area (TPSA) is 102 Å². The van der Waals surface area contributed by atoms with Crippen molar-refractivity contribution in [1.82, 2.24) is 0 Å². The van der Waals surface area contributed by atoms with E-state index in [2.05, 4.69) is 13.8 Å². The van der Waals surface area contributed by atoms with Gasteiger partial charge >= 0.3 is 0 Å². The summed E-state index contributed by atoms with van der Waals surface area (Å²) in [5.41, 5.74) is 5.48. The molecule has 4 unspecified atom stereocenters. The van der Waals surface area contributed by atoms with Crippen molar-refractivity contribution >= 4 is 0 Å². The zero-order chi connectivity index (χ0) is 22.8. The highest BCUT2D eigenvalue weighted by Gasteiger charge is 2.47. The molecule has 6 heteroatoms. The standard InChI is InChI=1S/C12H25NO3.C12H25NO/c1-3-4-5-6-7-8-9-10-12(14)11(2)13(15)16;1-3-4-5-6-7-8-9-10-11-12(2,13)14-11/h11-12,14H,3-10H2,1-2H3;11H,3-10,13H2,1-2H3. The molecule has 0 spiro atoms. The number of nitrogens with two attached hydrogens (primary N) is 1. The van der Waals surface area contributed by atoms with E-state index in [9.17, 15) is 15.2 Å². The second-order valence-electron chi connectivity index (χ2n) is 9.20. The highest BCUT2D eigenvalue weighted by molar-refractivity contribution is 4.92. The van der Waals surface area contributed by atoms with Gasteiger partial charge in [0.05, 0.1) is 0 Å². The van der Waals surface area contributed by atoms with Gasteiger partial charge in [-0.25, -0.2) is 0 Å². The van der Waals surface area contributed by atoms with Gasteiger partial charge in [-0.15, -0.1) is 0 Å². The lowest BCUT2D eigenvalue weighted by molar-refractivity contribution is -0.530. The summed E-state index contributed by atoms with van der Waals surface area (Å²) in [5, 5.41) is 19.9. The minimum atomic E-state index is -0.833. The number of hydrogen-bond donors (Lipinski definition) is 2. The van der Waals surface area contributed by atoms with Crippen LogP contribution in [-0.4, -0.2) is 34.0 Å². The molecule has 1 fully saturated rings. The summed E-state index contributed by atoms with van der Waals surface area (Å²) in [6, 6.07) is -0.833. The predicted molar refractivity (Wildman–Crippen MR) is 125 cm³/mol. The van der Waals surface area contributed by atoms with E-state index in [1.54, 1.807) is 0 Å². The van der Waals surface area contributed by atoms with Crippen LogP contribution < -0.4 is 5.73 Å². The highest BCUT2D eigenvalue weighted by Crippen LogP contribution is 2.34. The molecule has 1 aliphatic rings. The molecular formula is C24H50N2O4. The number of aliphatic hydroxyl groups excluding tert-OH is 1. The molecule has 0 amide bonds. The molecule has 0 aromatic heterocycles. The Morgan fingerprint density at radius 3 is 1.73 bits per heavy atom. The van der Waals surface area contributed by atoms with Gasteiger partial charge in [-0.3, -0.25) is 10.1 Å². The summed E-state index contributed by atoms with van der Waals surface area (Å²) < 4.78 is 5.33. The molecular weight excluding hydrogens is 380 g/mol. The number of nitro groups is 1. The van der Waals surface area contributed by atoms with E-state index in [-0.39, 0.29) is 5.72 Å². The van der Waals surface area contributed by atoms with E-state index in [1.165, 1.54) is 84.0 Å². The third-order valence-electron chi connectivity index (χ3n) is 6.04. The predicted octanol–water partition coefficient (Wildman–Crippen LogP) is 6.35. The first-order valence-electron chi connectivity index (χ1n) is 12.5. The Hall–Kier alpha value is -0.720. The Kier molecular flexibility index (Phi) is 17.5. The average Bonchev–Trinajstić information content (AvgIpc) is 3.32. The lowest BCUT2D eigenvalue weighted by Crippen LogP contribution is -2.30. The van der Waals surface area contributed by atoms with Gasteiger partial charge in [-0.05, 0) is 19.8 Å². The number of rotatable bonds is 18. The fourth-order valence-corrected chi connectivity index (χ4v) is 3.60. The first-order valence-corrected chi connectivity index (χ1v) is 12.5. The first kappa shape index (κ1) is 29.3. The van der Waals surface area contributed by atoms with Crippen molar-refractivity contribution in [2.24, 2.45) is 5.73 Å². The summed E-state index contributed by atoms with van der Waals surface area (Å²) in [4.78, 5) is 9.98. The number of unbranched alkanes of at least 4 members (excludes halogenated alkanes) is 12. The molecule has 0 aromatic carbocycles. The maximum absolute atomic E-state index is 10.4. The van der Waals surface area contributed by atoms with Gasteiger partial charge in [0.2, 0.25) is 6.04 Å². The second-order valence-corrected chi connectivity index (χ2v) is 9.20. The van der Waals surface area contributed by atoms with Crippen molar-refractivity contribution in [3.8, 4) is 0 Å². The van der Waals surface area contributed by atoms with E-state index < -0.39 is 17.1 Å². The Morgan fingerprint density at radius 1 is 0.933 bits per heavy atom. The molecule has 0 saturated carbocycles. The van der Waals surface area contributed by atoms with E-state index in [0.29, 0.717) is 12.5 Å². The van der Waals surface area contributed by atoms with Gasteiger partial charge in [-0.1, -0.05) is 104 Å². The van der Waals surface area contributed by atoms with Gasteiger partial charge in [0, 0.05) is 11.8 Å². The number of hydrogen-bond acceptors (Lipinski definition) is 5. The van der Waals surface area contributed by atoms with Crippen molar-refractivity contribution in [3.63, 3.8) is 0 Å².